The first kappa shape index (κ1) is 19.2. The molecule has 0 bridgehead atoms. The molecule has 0 spiro atoms. The van der Waals surface area contributed by atoms with Crippen molar-refractivity contribution in [3.05, 3.63) is 30.6 Å². The van der Waals surface area contributed by atoms with Crippen LogP contribution < -0.4 is 5.32 Å². The normalized spacial score (nSPS) is 15.5. The Hall–Kier alpha value is -2.55. The van der Waals surface area contributed by atoms with Gasteiger partial charge in [0, 0.05) is 70.2 Å². The van der Waals surface area contributed by atoms with E-state index in [1.165, 1.54) is 6.33 Å². The first-order valence-corrected chi connectivity index (χ1v) is 9.62. The molecule has 1 amide bonds. The molecule has 0 radical (unpaired) electrons. The number of carbonyl (C=O) groups is 1. The van der Waals surface area contributed by atoms with Crippen LogP contribution >= 0.6 is 0 Å². The molecule has 3 heterocycles. The summed E-state index contributed by atoms with van der Waals surface area (Å²) < 4.78 is 1.76. The fourth-order valence-corrected chi connectivity index (χ4v) is 3.22. The highest BCUT2D eigenvalue weighted by atomic mass is 16.2. The molecule has 9 heteroatoms. The van der Waals surface area contributed by atoms with E-state index in [4.69, 9.17) is 0 Å². The molecule has 0 atom stereocenters. The van der Waals surface area contributed by atoms with Gasteiger partial charge in [0.1, 0.15) is 12.7 Å². The van der Waals surface area contributed by atoms with Crippen LogP contribution in [0.15, 0.2) is 25.0 Å². The topological polar surface area (TPSA) is 92.1 Å². The van der Waals surface area contributed by atoms with Crippen LogP contribution in [-0.4, -0.2) is 73.2 Å². The van der Waals surface area contributed by atoms with E-state index in [-0.39, 0.29) is 5.91 Å². The quantitative estimate of drug-likeness (QED) is 0.739. The second kappa shape index (κ2) is 9.96. The number of rotatable bonds is 8. The first-order valence-electron chi connectivity index (χ1n) is 9.62. The van der Waals surface area contributed by atoms with Crippen LogP contribution in [0, 0.1) is 0 Å². The van der Waals surface area contributed by atoms with Gasteiger partial charge in [-0.3, -0.25) is 14.4 Å². The number of carbonyl (C=O) groups excluding carboxylic acids is 1. The number of aryl methyl sites for hydroxylation is 1. The fourth-order valence-electron chi connectivity index (χ4n) is 3.22. The molecule has 1 fully saturated rings. The van der Waals surface area contributed by atoms with E-state index in [2.05, 4.69) is 30.3 Å². The molecule has 3 rings (SSSR count). The Bertz CT molecular complexity index is 688. The van der Waals surface area contributed by atoms with Gasteiger partial charge in [-0.1, -0.05) is 0 Å². The van der Waals surface area contributed by atoms with Crippen LogP contribution in [0.1, 0.15) is 31.7 Å². The van der Waals surface area contributed by atoms with Crippen molar-refractivity contribution in [1.29, 1.82) is 0 Å². The van der Waals surface area contributed by atoms with E-state index >= 15 is 0 Å². The highest BCUT2D eigenvalue weighted by molar-refractivity contribution is 5.76. The number of amides is 1. The molecule has 0 unspecified atom stereocenters. The SMILES string of the molecule is CCNc1ncc(CN2CCCN(C(=O)CCCn3cncn3)CC2)cn1. The Kier molecular flexibility index (Phi) is 7.09. The van der Waals surface area contributed by atoms with Gasteiger partial charge in [0.2, 0.25) is 11.9 Å². The van der Waals surface area contributed by atoms with Crippen molar-refractivity contribution in [2.75, 3.05) is 38.0 Å². The number of nitrogens with one attached hydrogen (secondary N) is 1. The summed E-state index contributed by atoms with van der Waals surface area (Å²) in [6.45, 7) is 7.86. The van der Waals surface area contributed by atoms with Crippen molar-refractivity contribution in [3.8, 4) is 0 Å². The van der Waals surface area contributed by atoms with Gasteiger partial charge in [-0.25, -0.2) is 15.0 Å². The monoisotopic (exact) mass is 372 g/mol. The van der Waals surface area contributed by atoms with Crippen LogP contribution in [0.25, 0.3) is 0 Å². The lowest BCUT2D eigenvalue weighted by molar-refractivity contribution is -0.131. The van der Waals surface area contributed by atoms with Crippen molar-refractivity contribution in [2.45, 2.75) is 39.3 Å². The lowest BCUT2D eigenvalue weighted by Gasteiger charge is -2.22. The van der Waals surface area contributed by atoms with Gasteiger partial charge in [0.05, 0.1) is 0 Å². The van der Waals surface area contributed by atoms with E-state index < -0.39 is 0 Å². The molecular weight excluding hydrogens is 344 g/mol. The van der Waals surface area contributed by atoms with E-state index in [1.807, 2.05) is 24.2 Å². The molecule has 2 aromatic rings. The zero-order valence-corrected chi connectivity index (χ0v) is 15.9. The summed E-state index contributed by atoms with van der Waals surface area (Å²) in [5, 5.41) is 7.17. The van der Waals surface area contributed by atoms with Crippen molar-refractivity contribution < 1.29 is 4.79 Å². The fraction of sp³-hybridized carbons (Fsp3) is 0.611. The van der Waals surface area contributed by atoms with Crippen molar-refractivity contribution in [2.24, 2.45) is 0 Å². The molecule has 0 saturated carbocycles. The Morgan fingerprint density at radius 1 is 1.19 bits per heavy atom. The summed E-state index contributed by atoms with van der Waals surface area (Å²) >= 11 is 0. The third-order valence-electron chi connectivity index (χ3n) is 4.63. The average molecular weight is 372 g/mol. The molecule has 27 heavy (non-hydrogen) atoms. The summed E-state index contributed by atoms with van der Waals surface area (Å²) in [7, 11) is 0. The van der Waals surface area contributed by atoms with E-state index in [0.717, 1.165) is 64.2 Å². The minimum absolute atomic E-state index is 0.232. The van der Waals surface area contributed by atoms with Crippen LogP contribution in [0.2, 0.25) is 0 Å². The second-order valence-corrected chi connectivity index (χ2v) is 6.72. The standard InChI is InChI=1S/C18H28N8O/c1-2-20-18-21-11-16(12-22-18)13-24-6-4-7-25(10-9-24)17(27)5-3-8-26-15-19-14-23-26/h11-12,14-15H,2-10,13H2,1H3,(H,20,21,22). The molecule has 9 nitrogen and oxygen atoms in total. The second-order valence-electron chi connectivity index (χ2n) is 6.72. The maximum Gasteiger partial charge on any atom is 0.222 e. The molecule has 1 aliphatic rings. The van der Waals surface area contributed by atoms with Crippen LogP contribution in [0.4, 0.5) is 5.95 Å². The number of nitrogens with zero attached hydrogens (tertiary/aromatic N) is 7. The van der Waals surface area contributed by atoms with Crippen molar-refractivity contribution in [3.63, 3.8) is 0 Å². The molecular formula is C18H28N8O. The largest absolute Gasteiger partial charge is 0.355 e. The van der Waals surface area contributed by atoms with Gasteiger partial charge in [0.25, 0.3) is 0 Å². The lowest BCUT2D eigenvalue weighted by atomic mass is 10.2. The van der Waals surface area contributed by atoms with Gasteiger partial charge in [0.15, 0.2) is 0 Å². The van der Waals surface area contributed by atoms with Crippen molar-refractivity contribution in [1.82, 2.24) is 34.5 Å². The third kappa shape index (κ3) is 5.99. The first-order chi connectivity index (χ1) is 13.2. The van der Waals surface area contributed by atoms with Gasteiger partial charge in [-0.2, -0.15) is 5.10 Å². The van der Waals surface area contributed by atoms with Gasteiger partial charge < -0.3 is 10.2 Å². The molecule has 1 N–H and O–H groups in total. The van der Waals surface area contributed by atoms with E-state index in [0.29, 0.717) is 12.4 Å². The highest BCUT2D eigenvalue weighted by Gasteiger charge is 2.19. The smallest absolute Gasteiger partial charge is 0.222 e. The molecule has 146 valence electrons. The zero-order valence-electron chi connectivity index (χ0n) is 15.9. The molecule has 2 aromatic heterocycles. The lowest BCUT2D eigenvalue weighted by Crippen LogP contribution is -2.35. The summed E-state index contributed by atoms with van der Waals surface area (Å²) in [5.74, 6) is 0.898. The Labute approximate surface area is 159 Å². The number of anilines is 1. The van der Waals surface area contributed by atoms with Crippen LogP contribution in [0.3, 0.4) is 0 Å². The predicted octanol–water partition coefficient (Wildman–Crippen LogP) is 1.01. The molecule has 0 aromatic carbocycles. The summed E-state index contributed by atoms with van der Waals surface area (Å²) in [6.07, 6.45) is 9.29. The van der Waals surface area contributed by atoms with E-state index in [9.17, 15) is 4.79 Å². The Morgan fingerprint density at radius 3 is 2.78 bits per heavy atom. The summed E-state index contributed by atoms with van der Waals surface area (Å²) in [4.78, 5) is 29.4. The molecule has 1 aliphatic heterocycles. The Morgan fingerprint density at radius 2 is 2.04 bits per heavy atom. The maximum atomic E-state index is 12.5. The minimum Gasteiger partial charge on any atom is -0.355 e. The maximum absolute atomic E-state index is 12.5. The predicted molar refractivity (Wildman–Crippen MR) is 102 cm³/mol. The van der Waals surface area contributed by atoms with Crippen molar-refractivity contribution >= 4 is 11.9 Å². The van der Waals surface area contributed by atoms with Gasteiger partial charge in [-0.05, 0) is 19.8 Å². The number of aromatic nitrogens is 5. The number of hydrogen-bond acceptors (Lipinski definition) is 7. The molecule has 1 saturated heterocycles. The van der Waals surface area contributed by atoms with Gasteiger partial charge in [-0.15, -0.1) is 0 Å². The van der Waals surface area contributed by atoms with Gasteiger partial charge >= 0.3 is 0 Å². The Balaban J connectivity index is 1.41. The highest BCUT2D eigenvalue weighted by Crippen LogP contribution is 2.10. The molecule has 0 aliphatic carbocycles. The van der Waals surface area contributed by atoms with Crippen LogP contribution in [0.5, 0.6) is 0 Å². The summed E-state index contributed by atoms with van der Waals surface area (Å²) in [6, 6.07) is 0. The third-order valence-corrected chi connectivity index (χ3v) is 4.63. The zero-order chi connectivity index (χ0) is 18.9. The number of hydrogen-bond donors (Lipinski definition) is 1. The van der Waals surface area contributed by atoms with E-state index in [1.54, 1.807) is 11.0 Å². The summed E-state index contributed by atoms with van der Waals surface area (Å²) in [5.41, 5.74) is 1.10. The minimum atomic E-state index is 0.232. The average Bonchev–Trinajstić information content (AvgIpc) is 3.08. The van der Waals surface area contributed by atoms with Crippen LogP contribution in [-0.2, 0) is 17.9 Å².